The zero-order chi connectivity index (χ0) is 12.7. The highest BCUT2D eigenvalue weighted by Gasteiger charge is 2.30. The molecule has 7 heteroatoms. The van der Waals surface area contributed by atoms with Crippen molar-refractivity contribution in [2.24, 2.45) is 0 Å². The first-order valence-electron chi connectivity index (χ1n) is 5.74. The highest BCUT2D eigenvalue weighted by atomic mass is 32.2. The minimum Gasteiger partial charge on any atom is -0.430 e. The van der Waals surface area contributed by atoms with Crippen LogP contribution in [0.25, 0.3) is 0 Å². The zero-order valence-electron chi connectivity index (χ0n) is 9.88. The summed E-state index contributed by atoms with van der Waals surface area (Å²) < 4.78 is 36.8. The number of hydrogen-bond acceptors (Lipinski definition) is 6. The molecule has 100 valence electrons. The quantitative estimate of drug-likeness (QED) is 0.376. The first kappa shape index (κ1) is 14.2. The Kier molecular flexibility index (Phi) is 5.70. The maximum atomic E-state index is 11.5. The van der Waals surface area contributed by atoms with Crippen LogP contribution in [0.5, 0.6) is 0 Å². The summed E-state index contributed by atoms with van der Waals surface area (Å²) in [5.41, 5.74) is 0. The Morgan fingerprint density at radius 1 is 1.35 bits per heavy atom. The topological polar surface area (TPSA) is 78.9 Å². The van der Waals surface area contributed by atoms with Gasteiger partial charge in [-0.25, -0.2) is 4.79 Å². The first-order valence-corrected chi connectivity index (χ1v) is 7.32. The summed E-state index contributed by atoms with van der Waals surface area (Å²) in [6.07, 6.45) is 2.25. The van der Waals surface area contributed by atoms with E-state index in [2.05, 4.69) is 16.4 Å². The summed E-state index contributed by atoms with van der Waals surface area (Å²) in [7, 11) is -3.63. The summed E-state index contributed by atoms with van der Waals surface area (Å²) in [6.45, 7) is 2.23. The van der Waals surface area contributed by atoms with Gasteiger partial charge in [-0.2, -0.15) is 8.42 Å². The fourth-order valence-corrected chi connectivity index (χ4v) is 2.53. The van der Waals surface area contributed by atoms with Crippen LogP contribution >= 0.6 is 0 Å². The minimum absolute atomic E-state index is 0.0305. The third kappa shape index (κ3) is 5.88. The van der Waals surface area contributed by atoms with Gasteiger partial charge in [0.2, 0.25) is 0 Å². The number of carbonyl (C=O) groups is 1. The summed E-state index contributed by atoms with van der Waals surface area (Å²) in [5.74, 6) is -0.341. The Labute approximate surface area is 101 Å². The Morgan fingerprint density at radius 2 is 2.12 bits per heavy atom. The van der Waals surface area contributed by atoms with E-state index in [1.165, 1.54) is 0 Å². The van der Waals surface area contributed by atoms with Gasteiger partial charge in [0.05, 0.1) is 6.61 Å². The molecule has 1 rings (SSSR count). The van der Waals surface area contributed by atoms with Crippen LogP contribution in [0.4, 0.5) is 4.79 Å². The van der Waals surface area contributed by atoms with Crippen LogP contribution in [0, 0.1) is 0 Å². The van der Waals surface area contributed by atoms with Crippen molar-refractivity contribution in [2.75, 3.05) is 19.0 Å². The van der Waals surface area contributed by atoms with Crippen molar-refractivity contribution in [2.45, 2.75) is 38.7 Å². The number of rotatable bonds is 8. The normalized spacial score (nSPS) is 20.1. The van der Waals surface area contributed by atoms with E-state index in [4.69, 9.17) is 4.18 Å². The van der Waals surface area contributed by atoms with Gasteiger partial charge < -0.3 is 9.47 Å². The third-order valence-electron chi connectivity index (χ3n) is 2.30. The average Bonchev–Trinajstić information content (AvgIpc) is 2.62. The summed E-state index contributed by atoms with van der Waals surface area (Å²) in [6, 6.07) is 0. The molecule has 0 aromatic carbocycles. The van der Waals surface area contributed by atoms with Crippen LogP contribution in [0.2, 0.25) is 0 Å². The largest absolute Gasteiger partial charge is 0.508 e. The second kappa shape index (κ2) is 6.80. The van der Waals surface area contributed by atoms with E-state index in [0.29, 0.717) is 6.42 Å². The second-order valence-electron chi connectivity index (χ2n) is 3.91. The van der Waals surface area contributed by atoms with Gasteiger partial charge >= 0.3 is 6.16 Å². The molecular formula is C10H18O6S. The van der Waals surface area contributed by atoms with Gasteiger partial charge in [-0.05, 0) is 6.42 Å². The van der Waals surface area contributed by atoms with E-state index in [-0.39, 0.29) is 19.0 Å². The number of hydrogen-bond donors (Lipinski definition) is 0. The van der Waals surface area contributed by atoms with Gasteiger partial charge in [0.1, 0.15) is 12.4 Å². The van der Waals surface area contributed by atoms with E-state index < -0.39 is 22.4 Å². The predicted octanol–water partition coefficient (Wildman–Crippen LogP) is 1.45. The molecule has 1 aliphatic rings. The van der Waals surface area contributed by atoms with E-state index >= 15 is 0 Å². The molecule has 0 radical (unpaired) electrons. The van der Waals surface area contributed by atoms with Crippen LogP contribution in [-0.2, 0) is 23.8 Å². The maximum Gasteiger partial charge on any atom is 0.508 e. The lowest BCUT2D eigenvalue weighted by atomic mass is 10.2. The molecular weight excluding hydrogens is 248 g/mol. The monoisotopic (exact) mass is 266 g/mol. The van der Waals surface area contributed by atoms with Crippen molar-refractivity contribution in [1.29, 1.82) is 0 Å². The SMILES string of the molecule is CCCCCCOS(=O)(=O)CC1COC(=O)O1. The molecule has 0 N–H and O–H groups in total. The van der Waals surface area contributed by atoms with E-state index in [1.54, 1.807) is 0 Å². The molecule has 17 heavy (non-hydrogen) atoms. The van der Waals surface area contributed by atoms with Crippen molar-refractivity contribution in [3.63, 3.8) is 0 Å². The highest BCUT2D eigenvalue weighted by molar-refractivity contribution is 7.86. The molecule has 6 nitrogen and oxygen atoms in total. The smallest absolute Gasteiger partial charge is 0.430 e. The molecule has 1 aliphatic heterocycles. The highest BCUT2D eigenvalue weighted by Crippen LogP contribution is 2.10. The maximum absolute atomic E-state index is 11.5. The van der Waals surface area contributed by atoms with Crippen molar-refractivity contribution in [1.82, 2.24) is 0 Å². The van der Waals surface area contributed by atoms with Crippen LogP contribution < -0.4 is 0 Å². The number of ether oxygens (including phenoxy) is 2. The standard InChI is InChI=1S/C10H18O6S/c1-2-3-4-5-6-15-17(12,13)8-9-7-14-10(11)16-9/h9H,2-8H2,1H3. The molecule has 0 spiro atoms. The molecule has 0 saturated carbocycles. The lowest BCUT2D eigenvalue weighted by molar-refractivity contribution is 0.121. The first-order chi connectivity index (χ1) is 8.03. The molecule has 0 aliphatic carbocycles. The van der Waals surface area contributed by atoms with E-state index in [9.17, 15) is 13.2 Å². The van der Waals surface area contributed by atoms with Gasteiger partial charge in [-0.1, -0.05) is 26.2 Å². The molecule has 1 atom stereocenters. The molecule has 0 aromatic rings. The fourth-order valence-electron chi connectivity index (χ4n) is 1.44. The van der Waals surface area contributed by atoms with Crippen LogP contribution in [0.3, 0.4) is 0 Å². The Balaban J connectivity index is 2.19. The van der Waals surface area contributed by atoms with Gasteiger partial charge in [-0.15, -0.1) is 0 Å². The molecule has 0 amide bonds. The van der Waals surface area contributed by atoms with Crippen molar-refractivity contribution in [3.8, 4) is 0 Å². The van der Waals surface area contributed by atoms with E-state index in [1.807, 2.05) is 0 Å². The molecule has 1 unspecified atom stereocenters. The van der Waals surface area contributed by atoms with Crippen LogP contribution in [0.1, 0.15) is 32.6 Å². The second-order valence-corrected chi connectivity index (χ2v) is 5.59. The lowest BCUT2D eigenvalue weighted by Crippen LogP contribution is -2.24. The lowest BCUT2D eigenvalue weighted by Gasteiger charge is -2.08. The average molecular weight is 266 g/mol. The summed E-state index contributed by atoms with van der Waals surface area (Å²) in [5, 5.41) is 0. The fraction of sp³-hybridized carbons (Fsp3) is 0.900. The molecule has 1 heterocycles. The van der Waals surface area contributed by atoms with E-state index in [0.717, 1.165) is 19.3 Å². The molecule has 1 saturated heterocycles. The van der Waals surface area contributed by atoms with Gasteiger partial charge in [0.25, 0.3) is 10.1 Å². The van der Waals surface area contributed by atoms with Gasteiger partial charge in [0, 0.05) is 0 Å². The predicted molar refractivity (Wildman–Crippen MR) is 60.1 cm³/mol. The number of carbonyl (C=O) groups excluding carboxylic acids is 1. The van der Waals surface area contributed by atoms with Crippen LogP contribution in [0.15, 0.2) is 0 Å². The number of unbranched alkanes of at least 4 members (excludes halogenated alkanes) is 3. The van der Waals surface area contributed by atoms with Gasteiger partial charge in [-0.3, -0.25) is 4.18 Å². The Hall–Kier alpha value is -0.820. The summed E-state index contributed by atoms with van der Waals surface area (Å²) in [4.78, 5) is 10.6. The van der Waals surface area contributed by atoms with Gasteiger partial charge in [0.15, 0.2) is 6.10 Å². The Morgan fingerprint density at radius 3 is 2.71 bits per heavy atom. The molecule has 0 bridgehead atoms. The summed E-state index contributed by atoms with van der Waals surface area (Å²) >= 11 is 0. The van der Waals surface area contributed by atoms with Crippen molar-refractivity contribution >= 4 is 16.3 Å². The number of cyclic esters (lactones) is 2. The zero-order valence-corrected chi connectivity index (χ0v) is 10.7. The van der Waals surface area contributed by atoms with Crippen LogP contribution in [-0.4, -0.2) is 39.6 Å². The van der Waals surface area contributed by atoms with Crippen molar-refractivity contribution in [3.05, 3.63) is 0 Å². The molecule has 0 aromatic heterocycles. The van der Waals surface area contributed by atoms with Crippen molar-refractivity contribution < 1.29 is 26.9 Å². The Bertz CT molecular complexity index is 337. The minimum atomic E-state index is -3.63. The molecule has 1 fully saturated rings. The third-order valence-corrected chi connectivity index (χ3v) is 3.61.